The van der Waals surface area contributed by atoms with E-state index in [1.807, 2.05) is 6.07 Å². The standard InChI is InChI=1S/C18H19N3O2S/c1-10-3-5-12-15(7-10)24-18-16(12)17(19-9-20-18)21-11-4-6-14(23-2)13(22)8-11/h4,6,8-10,22H,3,5,7H2,1-2H3,(H,19,20,21). The molecule has 0 bridgehead atoms. The molecule has 1 atom stereocenters. The lowest BCUT2D eigenvalue weighted by atomic mass is 9.89. The molecule has 1 aromatic carbocycles. The molecular formula is C18H19N3O2S. The Hall–Kier alpha value is -2.34. The monoisotopic (exact) mass is 341 g/mol. The van der Waals surface area contributed by atoms with Gasteiger partial charge in [0.05, 0.1) is 12.5 Å². The number of methoxy groups -OCH3 is 1. The van der Waals surface area contributed by atoms with Crippen LogP contribution in [0.25, 0.3) is 10.2 Å². The highest BCUT2D eigenvalue weighted by atomic mass is 32.1. The fourth-order valence-electron chi connectivity index (χ4n) is 3.27. The van der Waals surface area contributed by atoms with Crippen LogP contribution in [-0.4, -0.2) is 22.2 Å². The molecule has 24 heavy (non-hydrogen) atoms. The summed E-state index contributed by atoms with van der Waals surface area (Å²) in [6, 6.07) is 5.25. The smallest absolute Gasteiger partial charge is 0.160 e. The summed E-state index contributed by atoms with van der Waals surface area (Å²) in [5.41, 5.74) is 2.16. The molecule has 0 aliphatic heterocycles. The van der Waals surface area contributed by atoms with Gasteiger partial charge in [0.15, 0.2) is 11.5 Å². The number of phenolic OH excluding ortho intramolecular Hbond substituents is 1. The van der Waals surface area contributed by atoms with Gasteiger partial charge in [-0.15, -0.1) is 11.3 Å². The summed E-state index contributed by atoms with van der Waals surface area (Å²) >= 11 is 1.78. The molecule has 0 radical (unpaired) electrons. The number of benzene rings is 1. The van der Waals surface area contributed by atoms with Crippen LogP contribution < -0.4 is 10.1 Å². The van der Waals surface area contributed by atoms with Gasteiger partial charge in [-0.2, -0.15) is 0 Å². The van der Waals surface area contributed by atoms with Crippen molar-refractivity contribution in [1.82, 2.24) is 9.97 Å². The van der Waals surface area contributed by atoms with Gasteiger partial charge < -0.3 is 15.2 Å². The van der Waals surface area contributed by atoms with Crippen LogP contribution >= 0.6 is 11.3 Å². The molecule has 5 nitrogen and oxygen atoms in total. The highest BCUT2D eigenvalue weighted by Gasteiger charge is 2.23. The number of ether oxygens (including phenoxy) is 1. The Balaban J connectivity index is 1.76. The Morgan fingerprint density at radius 2 is 2.21 bits per heavy atom. The number of hydrogen-bond acceptors (Lipinski definition) is 6. The molecule has 124 valence electrons. The van der Waals surface area contributed by atoms with Crippen LogP contribution in [0.1, 0.15) is 23.8 Å². The fourth-order valence-corrected chi connectivity index (χ4v) is 4.62. The minimum Gasteiger partial charge on any atom is -0.504 e. The molecule has 1 unspecified atom stereocenters. The number of aryl methyl sites for hydroxylation is 1. The van der Waals surface area contributed by atoms with E-state index in [1.54, 1.807) is 29.8 Å². The van der Waals surface area contributed by atoms with Crippen molar-refractivity contribution < 1.29 is 9.84 Å². The van der Waals surface area contributed by atoms with E-state index in [-0.39, 0.29) is 5.75 Å². The average Bonchev–Trinajstić information content (AvgIpc) is 2.93. The molecule has 2 heterocycles. The normalized spacial score (nSPS) is 16.8. The second kappa shape index (κ2) is 5.94. The van der Waals surface area contributed by atoms with Gasteiger partial charge in [-0.1, -0.05) is 6.92 Å². The van der Waals surface area contributed by atoms with Gasteiger partial charge in [-0.3, -0.25) is 0 Å². The number of rotatable bonds is 3. The van der Waals surface area contributed by atoms with Crippen molar-refractivity contribution >= 4 is 33.1 Å². The van der Waals surface area contributed by atoms with E-state index in [4.69, 9.17) is 4.74 Å². The summed E-state index contributed by atoms with van der Waals surface area (Å²) < 4.78 is 5.09. The van der Waals surface area contributed by atoms with Gasteiger partial charge in [0, 0.05) is 16.6 Å². The predicted octanol–water partition coefficient (Wildman–Crippen LogP) is 4.27. The number of phenols is 1. The minimum absolute atomic E-state index is 0.106. The molecule has 6 heteroatoms. The lowest BCUT2D eigenvalue weighted by molar-refractivity contribution is 0.373. The van der Waals surface area contributed by atoms with E-state index in [2.05, 4.69) is 22.2 Å². The van der Waals surface area contributed by atoms with Crippen LogP contribution in [-0.2, 0) is 12.8 Å². The van der Waals surface area contributed by atoms with E-state index in [0.717, 1.165) is 40.5 Å². The summed E-state index contributed by atoms with van der Waals surface area (Å²) in [5.74, 6) is 2.09. The highest BCUT2D eigenvalue weighted by Crippen LogP contribution is 2.40. The Morgan fingerprint density at radius 3 is 3.00 bits per heavy atom. The van der Waals surface area contributed by atoms with Crippen LogP contribution in [0.4, 0.5) is 11.5 Å². The first-order chi connectivity index (χ1) is 11.7. The van der Waals surface area contributed by atoms with E-state index in [1.165, 1.54) is 24.0 Å². The number of nitrogens with zero attached hydrogens (tertiary/aromatic N) is 2. The number of fused-ring (bicyclic) bond motifs is 3. The maximum Gasteiger partial charge on any atom is 0.160 e. The average molecular weight is 341 g/mol. The molecule has 3 aromatic rings. The predicted molar refractivity (Wildman–Crippen MR) is 96.5 cm³/mol. The van der Waals surface area contributed by atoms with Crippen molar-refractivity contribution in [3.8, 4) is 11.5 Å². The fraction of sp³-hybridized carbons (Fsp3) is 0.333. The van der Waals surface area contributed by atoms with Crippen LogP contribution in [0.5, 0.6) is 11.5 Å². The summed E-state index contributed by atoms with van der Waals surface area (Å²) in [7, 11) is 1.54. The molecule has 0 saturated carbocycles. The molecular weight excluding hydrogens is 322 g/mol. The number of aromatic hydroxyl groups is 1. The molecule has 0 fully saturated rings. The maximum atomic E-state index is 9.97. The molecule has 4 rings (SSSR count). The Morgan fingerprint density at radius 1 is 1.33 bits per heavy atom. The third kappa shape index (κ3) is 2.57. The molecule has 2 aromatic heterocycles. The maximum absolute atomic E-state index is 9.97. The molecule has 0 saturated heterocycles. The lowest BCUT2D eigenvalue weighted by Crippen LogP contribution is -2.09. The Labute approximate surface area is 144 Å². The highest BCUT2D eigenvalue weighted by molar-refractivity contribution is 7.19. The van der Waals surface area contributed by atoms with E-state index in [0.29, 0.717) is 5.75 Å². The van der Waals surface area contributed by atoms with Crippen molar-refractivity contribution in [1.29, 1.82) is 0 Å². The summed E-state index contributed by atoms with van der Waals surface area (Å²) in [6.07, 6.45) is 5.00. The summed E-state index contributed by atoms with van der Waals surface area (Å²) in [5, 5.41) is 14.4. The van der Waals surface area contributed by atoms with E-state index in [9.17, 15) is 5.11 Å². The molecule has 0 spiro atoms. The first-order valence-electron chi connectivity index (χ1n) is 8.05. The molecule has 0 amide bonds. The zero-order valence-electron chi connectivity index (χ0n) is 13.7. The second-order valence-electron chi connectivity index (χ2n) is 6.27. The van der Waals surface area contributed by atoms with Crippen molar-refractivity contribution in [2.24, 2.45) is 5.92 Å². The Bertz CT molecular complexity index is 907. The van der Waals surface area contributed by atoms with Crippen LogP contribution in [0.2, 0.25) is 0 Å². The minimum atomic E-state index is 0.106. The third-order valence-corrected chi connectivity index (χ3v) is 5.70. The molecule has 2 N–H and O–H groups in total. The van der Waals surface area contributed by atoms with Crippen molar-refractivity contribution in [2.45, 2.75) is 26.2 Å². The van der Waals surface area contributed by atoms with Crippen LogP contribution in [0.3, 0.4) is 0 Å². The lowest BCUT2D eigenvalue weighted by Gasteiger charge is -2.18. The van der Waals surface area contributed by atoms with Gasteiger partial charge in [0.1, 0.15) is 17.0 Å². The summed E-state index contributed by atoms with van der Waals surface area (Å²) in [6.45, 7) is 2.30. The van der Waals surface area contributed by atoms with Gasteiger partial charge >= 0.3 is 0 Å². The summed E-state index contributed by atoms with van der Waals surface area (Å²) in [4.78, 5) is 11.4. The van der Waals surface area contributed by atoms with Gasteiger partial charge in [-0.05, 0) is 42.9 Å². The number of thiophene rings is 1. The zero-order chi connectivity index (χ0) is 16.7. The van der Waals surface area contributed by atoms with Gasteiger partial charge in [0.2, 0.25) is 0 Å². The first kappa shape index (κ1) is 15.2. The number of nitrogens with one attached hydrogen (secondary N) is 1. The van der Waals surface area contributed by atoms with Crippen molar-refractivity contribution in [3.05, 3.63) is 35.0 Å². The topological polar surface area (TPSA) is 67.3 Å². The zero-order valence-corrected chi connectivity index (χ0v) is 14.5. The van der Waals surface area contributed by atoms with Crippen molar-refractivity contribution in [2.75, 3.05) is 12.4 Å². The van der Waals surface area contributed by atoms with Gasteiger partial charge in [-0.25, -0.2) is 9.97 Å². The third-order valence-electron chi connectivity index (χ3n) is 4.53. The number of aromatic nitrogens is 2. The van der Waals surface area contributed by atoms with Crippen LogP contribution in [0.15, 0.2) is 24.5 Å². The van der Waals surface area contributed by atoms with Crippen LogP contribution in [0, 0.1) is 5.92 Å². The number of anilines is 2. The van der Waals surface area contributed by atoms with Crippen molar-refractivity contribution in [3.63, 3.8) is 0 Å². The Kier molecular flexibility index (Phi) is 3.76. The molecule has 1 aliphatic carbocycles. The van der Waals surface area contributed by atoms with E-state index >= 15 is 0 Å². The molecule has 1 aliphatic rings. The van der Waals surface area contributed by atoms with E-state index < -0.39 is 0 Å². The first-order valence-corrected chi connectivity index (χ1v) is 8.86. The van der Waals surface area contributed by atoms with Gasteiger partial charge in [0.25, 0.3) is 0 Å². The number of hydrogen-bond donors (Lipinski definition) is 2. The second-order valence-corrected chi connectivity index (χ2v) is 7.35. The largest absolute Gasteiger partial charge is 0.504 e. The quantitative estimate of drug-likeness (QED) is 0.744. The SMILES string of the molecule is COc1ccc(Nc2ncnc3sc4c(c23)CCC(C)C4)cc1O.